The molecule has 0 unspecified atom stereocenters. The molecule has 3 heterocycles. The van der Waals surface area contributed by atoms with Crippen molar-refractivity contribution in [3.63, 3.8) is 0 Å². The molecule has 0 saturated carbocycles. The summed E-state index contributed by atoms with van der Waals surface area (Å²) in [6, 6.07) is 1.64. The van der Waals surface area contributed by atoms with E-state index in [2.05, 4.69) is 20.3 Å². The maximum absolute atomic E-state index is 12.7. The highest BCUT2D eigenvalue weighted by Gasteiger charge is 2.23. The second-order valence-electron chi connectivity index (χ2n) is 6.49. The van der Waals surface area contributed by atoms with E-state index in [9.17, 15) is 24.3 Å². The lowest BCUT2D eigenvalue weighted by Gasteiger charge is -2.12. The number of amides is 1. The lowest BCUT2D eigenvalue weighted by molar-refractivity contribution is -0.140. The number of carboxylic acid groups (broad SMARTS) is 2. The fraction of sp³-hybridized carbons (Fsp3) is 0.222. The highest BCUT2D eigenvalue weighted by atomic mass is 32.1. The first-order valence-electron chi connectivity index (χ1n) is 8.86. The summed E-state index contributed by atoms with van der Waals surface area (Å²) in [5, 5.41) is 30.2. The molecule has 1 atom stereocenters. The van der Waals surface area contributed by atoms with Crippen molar-refractivity contribution < 1.29 is 34.5 Å². The average Bonchev–Trinajstić information content (AvgIpc) is 3.31. The van der Waals surface area contributed by atoms with Gasteiger partial charge in [-0.05, 0) is 18.6 Å². The van der Waals surface area contributed by atoms with Gasteiger partial charge < -0.3 is 31.4 Å². The van der Waals surface area contributed by atoms with Crippen LogP contribution in [0.5, 0.6) is 5.88 Å². The number of nitrogens with one attached hydrogen (secondary N) is 2. The number of H-pyrrole nitrogens is 1. The summed E-state index contributed by atoms with van der Waals surface area (Å²) >= 11 is 0.991. The summed E-state index contributed by atoms with van der Waals surface area (Å²) in [6.07, 6.45) is 0.621. The fourth-order valence-electron chi connectivity index (χ4n) is 2.85. The summed E-state index contributed by atoms with van der Waals surface area (Å²) in [6.45, 7) is 0. The van der Waals surface area contributed by atoms with Gasteiger partial charge in [-0.15, -0.1) is 11.3 Å². The highest BCUT2D eigenvalue weighted by molar-refractivity contribution is 7.14. The number of carbonyl (C=O) groups excluding carboxylic acids is 2. The number of aromatic hydroxyl groups is 1. The molecule has 1 amide bonds. The number of carbonyl (C=O) groups is 4. The minimum atomic E-state index is -1.35. The number of rotatable bonds is 9. The number of nitrogens with zero attached hydrogens (tertiary/aromatic N) is 2. The van der Waals surface area contributed by atoms with Crippen molar-refractivity contribution in [2.75, 3.05) is 5.73 Å². The summed E-state index contributed by atoms with van der Waals surface area (Å²) in [7, 11) is 0. The number of hydrogen-bond donors (Lipinski definition) is 6. The Bertz CT molecular complexity index is 1190. The van der Waals surface area contributed by atoms with E-state index in [1.165, 1.54) is 12.3 Å². The van der Waals surface area contributed by atoms with Crippen LogP contribution >= 0.6 is 11.3 Å². The smallest absolute Gasteiger partial charge is 0.326 e. The predicted molar refractivity (Wildman–Crippen MR) is 108 cm³/mol. The number of hydrogen-bond acceptors (Lipinski definition) is 9. The molecule has 0 aliphatic heterocycles. The third-order valence-corrected chi connectivity index (χ3v) is 5.38. The van der Waals surface area contributed by atoms with Gasteiger partial charge in [-0.1, -0.05) is 0 Å². The van der Waals surface area contributed by atoms with Gasteiger partial charge in [0.15, 0.2) is 5.78 Å². The molecule has 3 aromatic rings. The normalized spacial score (nSPS) is 11.9. The summed E-state index contributed by atoms with van der Waals surface area (Å²) in [5.74, 6) is -4.15. The van der Waals surface area contributed by atoms with Crippen molar-refractivity contribution in [1.82, 2.24) is 20.3 Å². The Morgan fingerprint density at radius 1 is 1.19 bits per heavy atom. The second kappa shape index (κ2) is 8.79. The van der Waals surface area contributed by atoms with Crippen LogP contribution in [0.1, 0.15) is 37.7 Å². The SMILES string of the molecule is Nc1nc(O)c2c(C(=O)Cc3ccc(C(=O)N[C@@H](CCC(=O)O)C(=O)O)s3)c[nH]c2n1. The zero-order chi connectivity index (χ0) is 22.7. The van der Waals surface area contributed by atoms with Crippen molar-refractivity contribution in [1.29, 1.82) is 0 Å². The molecule has 13 heteroatoms. The Morgan fingerprint density at radius 3 is 2.61 bits per heavy atom. The number of ketones is 1. The highest BCUT2D eigenvalue weighted by Crippen LogP contribution is 2.27. The number of thiophene rings is 1. The van der Waals surface area contributed by atoms with Crippen LogP contribution in [0.2, 0.25) is 0 Å². The zero-order valence-corrected chi connectivity index (χ0v) is 16.6. The van der Waals surface area contributed by atoms with Crippen LogP contribution in [-0.2, 0) is 16.0 Å². The van der Waals surface area contributed by atoms with E-state index in [1.807, 2.05) is 0 Å². The first-order chi connectivity index (χ1) is 14.7. The van der Waals surface area contributed by atoms with Crippen molar-refractivity contribution in [2.24, 2.45) is 0 Å². The van der Waals surface area contributed by atoms with Gasteiger partial charge >= 0.3 is 11.9 Å². The van der Waals surface area contributed by atoms with E-state index in [0.717, 1.165) is 11.3 Å². The summed E-state index contributed by atoms with van der Waals surface area (Å²) < 4.78 is 0. The molecule has 0 aliphatic rings. The Morgan fingerprint density at radius 2 is 1.94 bits per heavy atom. The van der Waals surface area contributed by atoms with Crippen LogP contribution in [0.25, 0.3) is 11.0 Å². The second-order valence-corrected chi connectivity index (χ2v) is 7.66. The van der Waals surface area contributed by atoms with E-state index in [1.54, 1.807) is 6.07 Å². The maximum Gasteiger partial charge on any atom is 0.326 e. The van der Waals surface area contributed by atoms with E-state index in [4.69, 9.17) is 15.9 Å². The number of nitrogen functional groups attached to an aromatic ring is 1. The molecule has 31 heavy (non-hydrogen) atoms. The molecule has 0 fully saturated rings. The van der Waals surface area contributed by atoms with E-state index < -0.39 is 36.2 Å². The molecule has 3 rings (SSSR count). The van der Waals surface area contributed by atoms with Crippen molar-refractivity contribution in [2.45, 2.75) is 25.3 Å². The molecule has 7 N–H and O–H groups in total. The van der Waals surface area contributed by atoms with Gasteiger partial charge in [-0.3, -0.25) is 14.4 Å². The standard InChI is InChI=1S/C18H17N5O7S/c19-18-22-14-13(16(28)23-18)8(6-20-14)10(24)5-7-1-3-11(31-7)15(27)21-9(17(29)30)2-4-12(25)26/h1,3,6,9H,2,4-5H2,(H,21,27)(H,25,26)(H,29,30)(H4,19,20,22,23,28)/t9-/m0/s1. The molecular formula is C18H17N5O7S. The number of Topliss-reactive ketones (excluding diaryl/α,β-unsaturated/α-hetero) is 1. The summed E-state index contributed by atoms with van der Waals surface area (Å²) in [5.41, 5.74) is 5.83. The lowest BCUT2D eigenvalue weighted by atomic mass is 10.1. The number of fused-ring (bicyclic) bond motifs is 1. The van der Waals surface area contributed by atoms with Crippen molar-refractivity contribution in [3.8, 4) is 5.88 Å². The largest absolute Gasteiger partial charge is 0.493 e. The van der Waals surface area contributed by atoms with Crippen LogP contribution in [-0.4, -0.2) is 59.9 Å². The molecule has 12 nitrogen and oxygen atoms in total. The number of nitrogens with two attached hydrogens (primary N) is 1. The monoisotopic (exact) mass is 447 g/mol. The molecule has 0 spiro atoms. The maximum atomic E-state index is 12.7. The van der Waals surface area contributed by atoms with Gasteiger partial charge in [0.1, 0.15) is 11.7 Å². The third-order valence-electron chi connectivity index (χ3n) is 4.30. The average molecular weight is 447 g/mol. The van der Waals surface area contributed by atoms with Gasteiger partial charge in [0.25, 0.3) is 5.91 Å². The molecule has 162 valence electrons. The van der Waals surface area contributed by atoms with Crippen LogP contribution in [0.4, 0.5) is 5.95 Å². The Labute approximate surface area is 177 Å². The first-order valence-corrected chi connectivity index (χ1v) is 9.68. The molecule has 0 aromatic carbocycles. The molecule has 0 bridgehead atoms. The van der Waals surface area contributed by atoms with E-state index >= 15 is 0 Å². The first kappa shape index (κ1) is 21.7. The Hall–Kier alpha value is -4.00. The molecule has 0 saturated heterocycles. The minimum absolute atomic E-state index is 0.0872. The predicted octanol–water partition coefficient (Wildman–Crippen LogP) is 0.780. The van der Waals surface area contributed by atoms with Crippen molar-refractivity contribution >= 4 is 51.9 Å². The fourth-order valence-corrected chi connectivity index (χ4v) is 3.76. The van der Waals surface area contributed by atoms with Crippen LogP contribution < -0.4 is 11.1 Å². The molecule has 3 aromatic heterocycles. The Balaban J connectivity index is 1.71. The van der Waals surface area contributed by atoms with Gasteiger partial charge in [-0.25, -0.2) is 4.79 Å². The molecule has 0 aliphatic carbocycles. The topological polar surface area (TPSA) is 209 Å². The summed E-state index contributed by atoms with van der Waals surface area (Å²) in [4.78, 5) is 57.8. The molecule has 0 radical (unpaired) electrons. The van der Waals surface area contributed by atoms with Crippen LogP contribution in [0.3, 0.4) is 0 Å². The van der Waals surface area contributed by atoms with Gasteiger partial charge in [0, 0.05) is 23.9 Å². The number of carboxylic acids is 2. The number of aliphatic carboxylic acids is 2. The lowest BCUT2D eigenvalue weighted by Crippen LogP contribution is -2.40. The van der Waals surface area contributed by atoms with Gasteiger partial charge in [-0.2, -0.15) is 9.97 Å². The third kappa shape index (κ3) is 4.95. The zero-order valence-electron chi connectivity index (χ0n) is 15.8. The molecular weight excluding hydrogens is 430 g/mol. The number of anilines is 1. The number of aromatic amines is 1. The van der Waals surface area contributed by atoms with Crippen LogP contribution in [0.15, 0.2) is 18.3 Å². The van der Waals surface area contributed by atoms with Crippen molar-refractivity contribution in [3.05, 3.63) is 33.6 Å². The van der Waals surface area contributed by atoms with E-state index in [0.29, 0.717) is 4.88 Å². The number of aromatic nitrogens is 3. The minimum Gasteiger partial charge on any atom is -0.493 e. The van der Waals surface area contributed by atoms with Gasteiger partial charge in [0.05, 0.1) is 15.8 Å². The quantitative estimate of drug-likeness (QED) is 0.254. The van der Waals surface area contributed by atoms with Crippen LogP contribution in [0, 0.1) is 0 Å². The Kier molecular flexibility index (Phi) is 6.15. The van der Waals surface area contributed by atoms with Gasteiger partial charge in [0.2, 0.25) is 11.8 Å². The van der Waals surface area contributed by atoms with E-state index in [-0.39, 0.29) is 46.0 Å².